The summed E-state index contributed by atoms with van der Waals surface area (Å²) in [6, 6.07) is 16.6. The van der Waals surface area contributed by atoms with Crippen LogP contribution in [0.1, 0.15) is 57.1 Å². The fourth-order valence-corrected chi connectivity index (χ4v) is 4.96. The van der Waals surface area contributed by atoms with Gasteiger partial charge in [0, 0.05) is 6.42 Å². The van der Waals surface area contributed by atoms with Gasteiger partial charge in [-0.1, -0.05) is 87.4 Å². The predicted molar refractivity (Wildman–Crippen MR) is 149 cm³/mol. The largest absolute Gasteiger partial charge is 0.475 e. The van der Waals surface area contributed by atoms with Crippen LogP contribution in [0.15, 0.2) is 60.7 Å². The second-order valence-electron chi connectivity index (χ2n) is 10.6. The van der Waals surface area contributed by atoms with Crippen LogP contribution >= 0.6 is 0 Å². The van der Waals surface area contributed by atoms with E-state index >= 15 is 0 Å². The average molecular weight is 537 g/mol. The van der Waals surface area contributed by atoms with Gasteiger partial charge in [0.25, 0.3) is 0 Å². The molecule has 0 aromatic heterocycles. The van der Waals surface area contributed by atoms with Crippen LogP contribution in [-0.4, -0.2) is 53.1 Å². The molecule has 0 spiro atoms. The second kappa shape index (κ2) is 15.3. The summed E-state index contributed by atoms with van der Waals surface area (Å²) in [5, 5.41) is 28.1. The molecule has 2 aromatic carbocycles. The van der Waals surface area contributed by atoms with E-state index in [9.17, 15) is 24.4 Å². The van der Waals surface area contributed by atoms with E-state index in [2.05, 4.69) is 16.0 Å². The number of carbonyl (C=O) groups excluding carboxylic acids is 3. The minimum Gasteiger partial charge on any atom is -0.445 e. The Kier molecular flexibility index (Phi) is 11.8. The summed E-state index contributed by atoms with van der Waals surface area (Å²) in [5.74, 6) is -1.78. The highest BCUT2D eigenvalue weighted by atomic mass is 16.5. The minimum absolute atomic E-state index is 0.0313. The Hall–Kier alpha value is -3.37. The van der Waals surface area contributed by atoms with Crippen molar-refractivity contribution in [1.29, 1.82) is 0 Å². The lowest BCUT2D eigenvalue weighted by atomic mass is 9.71. The zero-order valence-corrected chi connectivity index (χ0v) is 22.7. The van der Waals surface area contributed by atoms with Crippen molar-refractivity contribution in [2.45, 2.75) is 77.0 Å². The van der Waals surface area contributed by atoms with E-state index in [4.69, 9.17) is 4.74 Å². The first-order valence-corrected chi connectivity index (χ1v) is 13.7. The molecule has 3 rings (SSSR count). The SMILES string of the molecule is CC(C)C[C@H](NC(=O)[C@H](Cc1ccccc1)NC(=O)OCc1ccccc1)C(=O)N[C@H](B(O)O)C1CCCC1. The third-order valence-corrected chi connectivity index (χ3v) is 6.98. The van der Waals surface area contributed by atoms with Gasteiger partial charge in [-0.05, 0) is 42.2 Å². The number of carbonyl (C=O) groups is 3. The fraction of sp³-hybridized carbons (Fsp3) is 0.483. The highest BCUT2D eigenvalue weighted by Gasteiger charge is 2.37. The van der Waals surface area contributed by atoms with E-state index in [0.29, 0.717) is 6.42 Å². The highest BCUT2D eigenvalue weighted by molar-refractivity contribution is 6.43. The predicted octanol–water partition coefficient (Wildman–Crippen LogP) is 2.74. The van der Waals surface area contributed by atoms with Crippen molar-refractivity contribution in [3.05, 3.63) is 71.8 Å². The molecule has 39 heavy (non-hydrogen) atoms. The molecular formula is C29H40BN3O6. The van der Waals surface area contributed by atoms with Crippen molar-refractivity contribution in [1.82, 2.24) is 16.0 Å². The zero-order chi connectivity index (χ0) is 28.2. The van der Waals surface area contributed by atoms with Crippen molar-refractivity contribution in [2.24, 2.45) is 11.8 Å². The van der Waals surface area contributed by atoms with Crippen LogP contribution in [-0.2, 0) is 27.4 Å². The molecule has 0 saturated heterocycles. The summed E-state index contributed by atoms with van der Waals surface area (Å²) in [6.45, 7) is 3.92. The summed E-state index contributed by atoms with van der Waals surface area (Å²) in [6.07, 6.45) is 3.35. The number of hydrogen-bond donors (Lipinski definition) is 5. The quantitative estimate of drug-likeness (QED) is 0.249. The van der Waals surface area contributed by atoms with E-state index in [1.165, 1.54) is 0 Å². The molecule has 0 bridgehead atoms. The maximum absolute atomic E-state index is 13.5. The van der Waals surface area contributed by atoms with Crippen molar-refractivity contribution < 1.29 is 29.2 Å². The number of hydrogen-bond acceptors (Lipinski definition) is 6. The number of nitrogens with one attached hydrogen (secondary N) is 3. The second-order valence-corrected chi connectivity index (χ2v) is 10.6. The zero-order valence-electron chi connectivity index (χ0n) is 22.7. The number of benzene rings is 2. The standard InChI is InChI=1S/C29H40BN3O6/c1-20(2)17-24(28(35)33-26(30(37)38)23-15-9-10-16-23)31-27(34)25(18-21-11-5-3-6-12-21)32-29(36)39-19-22-13-7-4-8-14-22/h3-8,11-14,20,23-26,37-38H,9-10,15-19H2,1-2H3,(H,31,34)(H,32,36)(H,33,35)/t24-,25-,26-/m0/s1. The summed E-state index contributed by atoms with van der Waals surface area (Å²) in [7, 11) is -1.70. The molecule has 0 radical (unpaired) electrons. The van der Waals surface area contributed by atoms with Gasteiger partial charge in [-0.2, -0.15) is 0 Å². The van der Waals surface area contributed by atoms with E-state index in [1.807, 2.05) is 74.5 Å². The van der Waals surface area contributed by atoms with Crippen LogP contribution in [0.25, 0.3) is 0 Å². The Bertz CT molecular complexity index is 1050. The van der Waals surface area contributed by atoms with Crippen LogP contribution in [0.3, 0.4) is 0 Å². The van der Waals surface area contributed by atoms with Gasteiger partial charge < -0.3 is 30.7 Å². The summed E-state index contributed by atoms with van der Waals surface area (Å²) in [5.41, 5.74) is 1.64. The first kappa shape index (κ1) is 30.2. The molecule has 1 fully saturated rings. The first-order valence-electron chi connectivity index (χ1n) is 13.7. The van der Waals surface area contributed by atoms with Crippen LogP contribution in [0.4, 0.5) is 4.79 Å². The summed E-state index contributed by atoms with van der Waals surface area (Å²) < 4.78 is 5.33. The smallest absolute Gasteiger partial charge is 0.445 e. The number of alkyl carbamates (subject to hydrolysis) is 1. The van der Waals surface area contributed by atoms with Crippen molar-refractivity contribution in [3.8, 4) is 0 Å². The molecule has 5 N–H and O–H groups in total. The normalized spacial score (nSPS) is 15.7. The first-order chi connectivity index (χ1) is 18.7. The van der Waals surface area contributed by atoms with Gasteiger partial charge in [0.2, 0.25) is 11.8 Å². The van der Waals surface area contributed by atoms with Crippen LogP contribution in [0.5, 0.6) is 0 Å². The molecule has 1 aliphatic carbocycles. The molecule has 3 atom stereocenters. The minimum atomic E-state index is -1.70. The van der Waals surface area contributed by atoms with Gasteiger partial charge in [-0.15, -0.1) is 0 Å². The molecule has 1 saturated carbocycles. The molecule has 0 unspecified atom stereocenters. The van der Waals surface area contributed by atoms with Gasteiger partial charge in [0.15, 0.2) is 0 Å². The van der Waals surface area contributed by atoms with Crippen LogP contribution in [0.2, 0.25) is 0 Å². The molecular weight excluding hydrogens is 497 g/mol. The molecule has 1 aliphatic rings. The van der Waals surface area contributed by atoms with Crippen molar-refractivity contribution in [3.63, 3.8) is 0 Å². The number of ether oxygens (including phenoxy) is 1. The van der Waals surface area contributed by atoms with Gasteiger partial charge >= 0.3 is 13.2 Å². The van der Waals surface area contributed by atoms with E-state index in [1.54, 1.807) is 0 Å². The molecule has 3 amide bonds. The molecule has 0 heterocycles. The Labute approximate surface area is 230 Å². The van der Waals surface area contributed by atoms with Crippen LogP contribution < -0.4 is 16.0 Å². The Morgan fingerprint density at radius 2 is 1.41 bits per heavy atom. The Morgan fingerprint density at radius 3 is 1.97 bits per heavy atom. The van der Waals surface area contributed by atoms with Crippen LogP contribution in [0, 0.1) is 11.8 Å². The maximum Gasteiger partial charge on any atom is 0.475 e. The van der Waals surface area contributed by atoms with E-state index in [0.717, 1.165) is 36.8 Å². The van der Waals surface area contributed by atoms with Gasteiger partial charge in [0.05, 0.1) is 5.94 Å². The van der Waals surface area contributed by atoms with Crippen molar-refractivity contribution in [2.75, 3.05) is 0 Å². The Morgan fingerprint density at radius 1 is 0.846 bits per heavy atom. The topological polar surface area (TPSA) is 137 Å². The molecule has 9 nitrogen and oxygen atoms in total. The van der Waals surface area contributed by atoms with Gasteiger partial charge in [-0.3, -0.25) is 9.59 Å². The lowest BCUT2D eigenvalue weighted by Gasteiger charge is -2.28. The van der Waals surface area contributed by atoms with Gasteiger partial charge in [0.1, 0.15) is 18.7 Å². The average Bonchev–Trinajstić information content (AvgIpc) is 3.45. The van der Waals surface area contributed by atoms with E-state index < -0.39 is 43.1 Å². The highest BCUT2D eigenvalue weighted by Crippen LogP contribution is 2.28. The molecule has 10 heteroatoms. The van der Waals surface area contributed by atoms with E-state index in [-0.39, 0.29) is 24.9 Å². The molecule has 2 aromatic rings. The molecule has 210 valence electrons. The van der Waals surface area contributed by atoms with Gasteiger partial charge in [-0.25, -0.2) is 4.79 Å². The monoisotopic (exact) mass is 537 g/mol. The number of rotatable bonds is 13. The Balaban J connectivity index is 1.70. The van der Waals surface area contributed by atoms with Crippen molar-refractivity contribution >= 4 is 25.0 Å². The summed E-state index contributed by atoms with van der Waals surface area (Å²) >= 11 is 0. The fourth-order valence-electron chi connectivity index (χ4n) is 4.96. The lowest BCUT2D eigenvalue weighted by Crippen LogP contribution is -2.58. The summed E-state index contributed by atoms with van der Waals surface area (Å²) in [4.78, 5) is 39.4. The third-order valence-electron chi connectivity index (χ3n) is 6.98. The number of amides is 3. The maximum atomic E-state index is 13.5. The molecule has 0 aliphatic heterocycles. The third kappa shape index (κ3) is 10.0. The lowest BCUT2D eigenvalue weighted by molar-refractivity contribution is -0.130.